The van der Waals surface area contributed by atoms with E-state index in [9.17, 15) is 13.2 Å². The quantitative estimate of drug-likeness (QED) is 0.805. The zero-order chi connectivity index (χ0) is 20.3. The number of hydrogen-bond acceptors (Lipinski definition) is 4. The van der Waals surface area contributed by atoms with Crippen LogP contribution >= 0.6 is 11.6 Å². The smallest absolute Gasteiger partial charge is 0.244 e. The van der Waals surface area contributed by atoms with E-state index in [1.54, 1.807) is 18.2 Å². The molecular weight excluding hydrogens is 398 g/mol. The van der Waals surface area contributed by atoms with E-state index in [0.717, 1.165) is 11.3 Å². The van der Waals surface area contributed by atoms with Gasteiger partial charge in [0, 0.05) is 31.9 Å². The number of halogens is 1. The summed E-state index contributed by atoms with van der Waals surface area (Å²) in [5.74, 6) is -0.104. The molecule has 0 aromatic heterocycles. The van der Waals surface area contributed by atoms with Crippen molar-refractivity contribution in [1.29, 1.82) is 0 Å². The Morgan fingerprint density at radius 3 is 2.39 bits per heavy atom. The number of aryl methyl sites for hydroxylation is 1. The summed E-state index contributed by atoms with van der Waals surface area (Å²) in [4.78, 5) is 14.7. The molecule has 1 amide bonds. The molecule has 2 aromatic rings. The molecule has 1 fully saturated rings. The molecule has 0 bridgehead atoms. The van der Waals surface area contributed by atoms with E-state index >= 15 is 0 Å². The maximum atomic E-state index is 12.8. The Hall–Kier alpha value is -1.93. The first-order valence-electron chi connectivity index (χ1n) is 9.15. The van der Waals surface area contributed by atoms with Gasteiger partial charge in [-0.15, -0.1) is 0 Å². The molecule has 1 heterocycles. The van der Waals surface area contributed by atoms with Crippen LogP contribution in [0.4, 0.5) is 5.69 Å². The fraction of sp³-hybridized carbons (Fsp3) is 0.350. The normalized spacial score (nSPS) is 17.2. The van der Waals surface area contributed by atoms with Gasteiger partial charge in [-0.1, -0.05) is 35.9 Å². The van der Waals surface area contributed by atoms with Crippen LogP contribution in [-0.4, -0.2) is 55.8 Å². The molecule has 8 heteroatoms. The molecule has 6 nitrogen and oxygen atoms in total. The Bertz CT molecular complexity index is 957. The van der Waals surface area contributed by atoms with Gasteiger partial charge in [0.2, 0.25) is 15.9 Å². The van der Waals surface area contributed by atoms with Gasteiger partial charge >= 0.3 is 0 Å². The summed E-state index contributed by atoms with van der Waals surface area (Å²) in [6.07, 6.45) is 0. The summed E-state index contributed by atoms with van der Waals surface area (Å²) in [6, 6.07) is 13.7. The summed E-state index contributed by atoms with van der Waals surface area (Å²) >= 11 is 6.07. The number of sulfonamides is 1. The lowest BCUT2D eigenvalue weighted by molar-refractivity contribution is -0.121. The molecule has 1 saturated heterocycles. The highest BCUT2D eigenvalue weighted by Crippen LogP contribution is 2.25. The Kier molecular flexibility index (Phi) is 6.40. The van der Waals surface area contributed by atoms with E-state index in [1.165, 1.54) is 10.4 Å². The van der Waals surface area contributed by atoms with E-state index in [0.29, 0.717) is 26.2 Å². The highest BCUT2D eigenvalue weighted by molar-refractivity contribution is 7.89. The van der Waals surface area contributed by atoms with Crippen LogP contribution in [0.5, 0.6) is 0 Å². The average molecular weight is 422 g/mol. The highest BCUT2D eigenvalue weighted by atomic mass is 35.5. The number of rotatable bonds is 5. The van der Waals surface area contributed by atoms with Crippen molar-refractivity contribution in [2.45, 2.75) is 24.8 Å². The van der Waals surface area contributed by atoms with Crippen molar-refractivity contribution in [3.05, 3.63) is 59.1 Å². The third-order valence-corrected chi connectivity index (χ3v) is 7.34. The molecule has 1 aliphatic rings. The van der Waals surface area contributed by atoms with Crippen LogP contribution < -0.4 is 5.32 Å². The summed E-state index contributed by atoms with van der Waals surface area (Å²) in [7, 11) is -3.64. The molecule has 1 aliphatic heterocycles. The zero-order valence-corrected chi connectivity index (χ0v) is 17.5. The lowest BCUT2D eigenvalue weighted by Gasteiger charge is -2.36. The molecule has 2 aromatic carbocycles. The molecule has 0 aliphatic carbocycles. The van der Waals surface area contributed by atoms with Crippen LogP contribution in [0.1, 0.15) is 12.5 Å². The Morgan fingerprint density at radius 1 is 1.07 bits per heavy atom. The van der Waals surface area contributed by atoms with Crippen molar-refractivity contribution in [1.82, 2.24) is 9.21 Å². The molecule has 1 unspecified atom stereocenters. The van der Waals surface area contributed by atoms with Crippen LogP contribution in [0.2, 0.25) is 5.02 Å². The van der Waals surface area contributed by atoms with Crippen molar-refractivity contribution in [2.75, 3.05) is 31.5 Å². The molecule has 150 valence electrons. The third kappa shape index (κ3) is 4.55. The van der Waals surface area contributed by atoms with Crippen molar-refractivity contribution in [2.24, 2.45) is 0 Å². The standard InChI is InChI=1S/C20H24ClN3O3S/c1-15-6-5-7-17(14-15)22-20(25)16(2)23-10-12-24(13-11-23)28(26,27)19-9-4-3-8-18(19)21/h3-9,14,16H,10-13H2,1-2H3,(H,22,25). The van der Waals surface area contributed by atoms with Gasteiger partial charge < -0.3 is 5.32 Å². The average Bonchev–Trinajstić information content (AvgIpc) is 2.67. The third-order valence-electron chi connectivity index (χ3n) is 4.94. The number of carbonyl (C=O) groups is 1. The maximum Gasteiger partial charge on any atom is 0.244 e. The number of nitrogens with one attached hydrogen (secondary N) is 1. The number of amides is 1. The lowest BCUT2D eigenvalue weighted by atomic mass is 10.2. The van der Waals surface area contributed by atoms with Gasteiger partial charge in [0.1, 0.15) is 4.90 Å². The molecule has 28 heavy (non-hydrogen) atoms. The van der Waals surface area contributed by atoms with Crippen LogP contribution in [-0.2, 0) is 14.8 Å². The SMILES string of the molecule is Cc1cccc(NC(=O)C(C)N2CCN(S(=O)(=O)c3ccccc3Cl)CC2)c1. The van der Waals surface area contributed by atoms with Crippen molar-refractivity contribution >= 4 is 33.2 Å². The summed E-state index contributed by atoms with van der Waals surface area (Å²) in [6.45, 7) is 5.39. The fourth-order valence-electron chi connectivity index (χ4n) is 3.26. The van der Waals surface area contributed by atoms with Gasteiger partial charge in [0.05, 0.1) is 11.1 Å². The van der Waals surface area contributed by atoms with E-state index in [1.807, 2.05) is 43.0 Å². The van der Waals surface area contributed by atoms with Crippen LogP contribution in [0.25, 0.3) is 0 Å². The van der Waals surface area contributed by atoms with Gasteiger partial charge in [0.25, 0.3) is 0 Å². The number of hydrogen-bond donors (Lipinski definition) is 1. The van der Waals surface area contributed by atoms with Crippen LogP contribution in [0.3, 0.4) is 0 Å². The van der Waals surface area contributed by atoms with Crippen molar-refractivity contribution in [3.8, 4) is 0 Å². The molecule has 0 spiro atoms. The van der Waals surface area contributed by atoms with Gasteiger partial charge in [-0.2, -0.15) is 4.31 Å². The highest BCUT2D eigenvalue weighted by Gasteiger charge is 2.32. The first kappa shape index (κ1) is 20.8. The summed E-state index contributed by atoms with van der Waals surface area (Å²) < 4.78 is 27.1. The second-order valence-corrected chi connectivity index (χ2v) is 9.22. The fourth-order valence-corrected chi connectivity index (χ4v) is 5.18. The topological polar surface area (TPSA) is 69.7 Å². The van der Waals surface area contributed by atoms with Crippen molar-refractivity contribution in [3.63, 3.8) is 0 Å². The zero-order valence-electron chi connectivity index (χ0n) is 15.9. The Labute approximate surface area is 171 Å². The van der Waals surface area contributed by atoms with Crippen LogP contribution in [0, 0.1) is 6.92 Å². The number of carbonyl (C=O) groups excluding carboxylic acids is 1. The van der Waals surface area contributed by atoms with E-state index < -0.39 is 10.0 Å². The van der Waals surface area contributed by atoms with Crippen LogP contribution in [0.15, 0.2) is 53.4 Å². The monoisotopic (exact) mass is 421 g/mol. The molecule has 1 atom stereocenters. The maximum absolute atomic E-state index is 12.8. The number of piperazine rings is 1. The number of anilines is 1. The molecular formula is C20H24ClN3O3S. The van der Waals surface area contributed by atoms with Gasteiger partial charge in [-0.25, -0.2) is 8.42 Å². The minimum absolute atomic E-state index is 0.104. The summed E-state index contributed by atoms with van der Waals surface area (Å²) in [5.41, 5.74) is 1.83. The van der Waals surface area contributed by atoms with E-state index in [-0.39, 0.29) is 21.9 Å². The number of nitrogens with zero attached hydrogens (tertiary/aromatic N) is 2. The minimum atomic E-state index is -3.64. The second kappa shape index (κ2) is 8.61. The van der Waals surface area contributed by atoms with Gasteiger partial charge in [-0.05, 0) is 43.7 Å². The first-order chi connectivity index (χ1) is 13.3. The van der Waals surface area contributed by atoms with Gasteiger partial charge in [-0.3, -0.25) is 9.69 Å². The first-order valence-corrected chi connectivity index (χ1v) is 11.0. The molecule has 1 N–H and O–H groups in total. The Balaban J connectivity index is 1.61. The van der Waals surface area contributed by atoms with E-state index in [4.69, 9.17) is 11.6 Å². The predicted molar refractivity (Wildman–Crippen MR) is 111 cm³/mol. The lowest BCUT2D eigenvalue weighted by Crippen LogP contribution is -2.53. The molecule has 0 saturated carbocycles. The van der Waals surface area contributed by atoms with E-state index in [2.05, 4.69) is 5.32 Å². The largest absolute Gasteiger partial charge is 0.325 e. The molecule has 0 radical (unpaired) electrons. The van der Waals surface area contributed by atoms with Gasteiger partial charge in [0.15, 0.2) is 0 Å². The summed E-state index contributed by atoms with van der Waals surface area (Å²) in [5, 5.41) is 3.14. The minimum Gasteiger partial charge on any atom is -0.325 e. The van der Waals surface area contributed by atoms with Crippen molar-refractivity contribution < 1.29 is 13.2 Å². The predicted octanol–water partition coefficient (Wildman–Crippen LogP) is 2.98. The molecule has 3 rings (SSSR count). The Morgan fingerprint density at radius 2 is 1.75 bits per heavy atom. The number of benzene rings is 2. The second-order valence-electron chi connectivity index (χ2n) is 6.91.